The van der Waals surface area contributed by atoms with Crippen LogP contribution in [-0.2, 0) is 4.74 Å². The summed E-state index contributed by atoms with van der Waals surface area (Å²) in [6.45, 7) is 7.04. The maximum absolute atomic E-state index is 12.5. The monoisotopic (exact) mass is 279 g/mol. The molecule has 1 N–H and O–H groups in total. The van der Waals surface area contributed by atoms with Crippen LogP contribution in [0.3, 0.4) is 0 Å². The van der Waals surface area contributed by atoms with Crippen LogP contribution in [0.15, 0.2) is 18.3 Å². The van der Waals surface area contributed by atoms with E-state index < -0.39 is 0 Å². The van der Waals surface area contributed by atoms with Crippen molar-refractivity contribution in [2.45, 2.75) is 26.7 Å². The van der Waals surface area contributed by atoms with Gasteiger partial charge in [-0.15, -0.1) is 0 Å². The van der Waals surface area contributed by atoms with Gasteiger partial charge in [-0.05, 0) is 25.0 Å². The summed E-state index contributed by atoms with van der Waals surface area (Å²) in [5.41, 5.74) is 0.682. The Bertz CT molecular complexity index is 404. The van der Waals surface area contributed by atoms with Crippen LogP contribution in [0.25, 0.3) is 0 Å². The van der Waals surface area contributed by atoms with E-state index in [2.05, 4.69) is 24.1 Å². The van der Waals surface area contributed by atoms with Crippen molar-refractivity contribution >= 4 is 11.7 Å². The van der Waals surface area contributed by atoms with Gasteiger partial charge >= 0.3 is 0 Å². The van der Waals surface area contributed by atoms with E-state index in [4.69, 9.17) is 4.74 Å². The Morgan fingerprint density at radius 1 is 1.35 bits per heavy atom. The molecule has 1 rings (SSSR count). The van der Waals surface area contributed by atoms with Crippen LogP contribution in [0, 0.1) is 0 Å². The molecule has 0 radical (unpaired) electrons. The van der Waals surface area contributed by atoms with E-state index in [0.29, 0.717) is 24.5 Å². The van der Waals surface area contributed by atoms with Crippen molar-refractivity contribution in [3.8, 4) is 0 Å². The zero-order valence-electron chi connectivity index (χ0n) is 12.7. The van der Waals surface area contributed by atoms with Gasteiger partial charge in [0.2, 0.25) is 0 Å². The van der Waals surface area contributed by atoms with E-state index >= 15 is 0 Å². The first-order valence-electron chi connectivity index (χ1n) is 7.21. The number of amides is 1. The highest BCUT2D eigenvalue weighted by molar-refractivity contribution is 5.94. The van der Waals surface area contributed by atoms with Crippen molar-refractivity contribution in [1.29, 1.82) is 0 Å². The summed E-state index contributed by atoms with van der Waals surface area (Å²) in [6.07, 6.45) is 3.60. The predicted molar refractivity (Wildman–Crippen MR) is 81.1 cm³/mol. The molecule has 1 aromatic rings. The minimum Gasteiger partial charge on any atom is -0.383 e. The quantitative estimate of drug-likeness (QED) is 0.705. The minimum atomic E-state index is 0.0749. The number of nitrogens with zero attached hydrogens (tertiary/aromatic N) is 2. The maximum Gasteiger partial charge on any atom is 0.254 e. The molecule has 5 heteroatoms. The lowest BCUT2D eigenvalue weighted by Crippen LogP contribution is -2.32. The number of pyridine rings is 1. The van der Waals surface area contributed by atoms with E-state index in [1.807, 2.05) is 4.90 Å². The molecule has 1 heterocycles. The van der Waals surface area contributed by atoms with Gasteiger partial charge in [0.25, 0.3) is 5.91 Å². The number of anilines is 1. The second-order valence-corrected chi connectivity index (χ2v) is 4.64. The van der Waals surface area contributed by atoms with Crippen molar-refractivity contribution in [2.24, 2.45) is 0 Å². The average molecular weight is 279 g/mol. The van der Waals surface area contributed by atoms with Gasteiger partial charge in [-0.1, -0.05) is 13.8 Å². The Morgan fingerprint density at radius 3 is 2.65 bits per heavy atom. The fourth-order valence-electron chi connectivity index (χ4n) is 1.98. The molecule has 1 aromatic heterocycles. The van der Waals surface area contributed by atoms with E-state index in [0.717, 1.165) is 25.9 Å². The molecule has 0 fully saturated rings. The number of methoxy groups -OCH3 is 1. The van der Waals surface area contributed by atoms with Gasteiger partial charge in [0.1, 0.15) is 5.82 Å². The largest absolute Gasteiger partial charge is 0.383 e. The van der Waals surface area contributed by atoms with Crippen LogP contribution in [-0.4, -0.2) is 49.1 Å². The Kier molecular flexibility index (Phi) is 7.65. The van der Waals surface area contributed by atoms with E-state index in [-0.39, 0.29) is 5.91 Å². The van der Waals surface area contributed by atoms with Crippen LogP contribution in [0.5, 0.6) is 0 Å². The number of rotatable bonds is 9. The SMILES string of the molecule is CCCN(CCC)C(=O)c1ccnc(NCCOC)c1. The molecule has 0 aromatic carbocycles. The molecule has 5 nitrogen and oxygen atoms in total. The van der Waals surface area contributed by atoms with Crippen LogP contribution in [0.4, 0.5) is 5.82 Å². The standard InChI is InChI=1S/C15H25N3O2/c1-4-9-18(10-5-2)15(19)13-6-7-16-14(12-13)17-8-11-20-3/h6-7,12H,4-5,8-11H2,1-3H3,(H,16,17). The zero-order chi connectivity index (χ0) is 14.8. The van der Waals surface area contributed by atoms with Gasteiger partial charge in [0.15, 0.2) is 0 Å². The summed E-state index contributed by atoms with van der Waals surface area (Å²) in [7, 11) is 1.66. The number of hydrogen-bond acceptors (Lipinski definition) is 4. The molecule has 0 aliphatic heterocycles. The normalized spacial score (nSPS) is 10.3. The van der Waals surface area contributed by atoms with Crippen LogP contribution in [0.2, 0.25) is 0 Å². The summed E-state index contributed by atoms with van der Waals surface area (Å²) in [4.78, 5) is 18.6. The Hall–Kier alpha value is -1.62. The van der Waals surface area contributed by atoms with Crippen molar-refractivity contribution in [2.75, 3.05) is 38.7 Å². The average Bonchev–Trinajstić information content (AvgIpc) is 2.47. The molecule has 0 atom stereocenters. The zero-order valence-corrected chi connectivity index (χ0v) is 12.7. The second kappa shape index (κ2) is 9.31. The number of hydrogen-bond donors (Lipinski definition) is 1. The molecule has 0 unspecified atom stereocenters. The minimum absolute atomic E-state index is 0.0749. The third kappa shape index (κ3) is 5.17. The molecule has 0 aliphatic rings. The summed E-state index contributed by atoms with van der Waals surface area (Å²) in [5.74, 6) is 0.784. The Labute approximate surface area is 121 Å². The van der Waals surface area contributed by atoms with Crippen LogP contribution >= 0.6 is 0 Å². The molecule has 20 heavy (non-hydrogen) atoms. The summed E-state index contributed by atoms with van der Waals surface area (Å²) in [6, 6.07) is 3.57. The lowest BCUT2D eigenvalue weighted by Gasteiger charge is -2.21. The number of aromatic nitrogens is 1. The number of ether oxygens (including phenoxy) is 1. The van der Waals surface area contributed by atoms with Crippen molar-refractivity contribution in [3.05, 3.63) is 23.9 Å². The van der Waals surface area contributed by atoms with Crippen molar-refractivity contribution in [1.82, 2.24) is 9.88 Å². The van der Waals surface area contributed by atoms with Gasteiger partial charge in [-0.2, -0.15) is 0 Å². The summed E-state index contributed by atoms with van der Waals surface area (Å²) >= 11 is 0. The highest BCUT2D eigenvalue weighted by Crippen LogP contribution is 2.10. The third-order valence-corrected chi connectivity index (χ3v) is 2.89. The lowest BCUT2D eigenvalue weighted by atomic mass is 10.2. The molecular weight excluding hydrogens is 254 g/mol. The first-order chi connectivity index (χ1) is 9.72. The number of nitrogens with one attached hydrogen (secondary N) is 1. The van der Waals surface area contributed by atoms with Gasteiger partial charge in [-0.3, -0.25) is 4.79 Å². The van der Waals surface area contributed by atoms with Crippen LogP contribution < -0.4 is 5.32 Å². The van der Waals surface area contributed by atoms with Gasteiger partial charge in [0.05, 0.1) is 6.61 Å². The Balaban J connectivity index is 2.73. The van der Waals surface area contributed by atoms with Gasteiger partial charge < -0.3 is 15.0 Å². The molecule has 1 amide bonds. The Morgan fingerprint density at radius 2 is 2.05 bits per heavy atom. The lowest BCUT2D eigenvalue weighted by molar-refractivity contribution is 0.0755. The highest BCUT2D eigenvalue weighted by Gasteiger charge is 2.14. The molecule has 0 spiro atoms. The third-order valence-electron chi connectivity index (χ3n) is 2.89. The molecule has 112 valence electrons. The maximum atomic E-state index is 12.5. The fourth-order valence-corrected chi connectivity index (χ4v) is 1.98. The topological polar surface area (TPSA) is 54.5 Å². The van der Waals surface area contributed by atoms with E-state index in [1.54, 1.807) is 25.4 Å². The molecule has 0 saturated carbocycles. The van der Waals surface area contributed by atoms with Crippen LogP contribution in [0.1, 0.15) is 37.0 Å². The van der Waals surface area contributed by atoms with E-state index in [9.17, 15) is 4.79 Å². The molecular formula is C15H25N3O2. The number of carbonyl (C=O) groups excluding carboxylic acids is 1. The van der Waals surface area contributed by atoms with Crippen molar-refractivity contribution in [3.63, 3.8) is 0 Å². The number of carbonyl (C=O) groups is 1. The van der Waals surface area contributed by atoms with Gasteiger partial charge in [0, 0.05) is 38.5 Å². The molecule has 0 bridgehead atoms. The summed E-state index contributed by atoms with van der Waals surface area (Å²) in [5, 5.41) is 3.14. The predicted octanol–water partition coefficient (Wildman–Crippen LogP) is 2.40. The fraction of sp³-hybridized carbons (Fsp3) is 0.600. The van der Waals surface area contributed by atoms with Gasteiger partial charge in [-0.25, -0.2) is 4.98 Å². The smallest absolute Gasteiger partial charge is 0.254 e. The molecule has 0 saturated heterocycles. The first kappa shape index (κ1) is 16.4. The van der Waals surface area contributed by atoms with Crippen molar-refractivity contribution < 1.29 is 9.53 Å². The highest BCUT2D eigenvalue weighted by atomic mass is 16.5. The van der Waals surface area contributed by atoms with E-state index in [1.165, 1.54) is 0 Å². The second-order valence-electron chi connectivity index (χ2n) is 4.64. The molecule has 0 aliphatic carbocycles. The summed E-state index contributed by atoms with van der Waals surface area (Å²) < 4.78 is 4.98. The first-order valence-corrected chi connectivity index (χ1v) is 7.21.